The van der Waals surface area contributed by atoms with Gasteiger partial charge in [0.2, 0.25) is 17.5 Å². The van der Waals surface area contributed by atoms with Gasteiger partial charge in [0.1, 0.15) is 11.7 Å². The fourth-order valence-corrected chi connectivity index (χ4v) is 2.66. The molecule has 0 radical (unpaired) electrons. The molecule has 1 amide bonds. The number of piperidine rings is 1. The molecule has 1 saturated heterocycles. The Hall–Kier alpha value is -2.64. The van der Waals surface area contributed by atoms with Crippen LogP contribution in [0.2, 0.25) is 0 Å². The van der Waals surface area contributed by atoms with E-state index in [0.29, 0.717) is 18.7 Å². The van der Waals surface area contributed by atoms with Crippen molar-refractivity contribution in [1.29, 1.82) is 0 Å². The number of benzene rings is 1. The summed E-state index contributed by atoms with van der Waals surface area (Å²) in [6, 6.07) is 7.77. The molecule has 0 aliphatic carbocycles. The number of anilines is 2. The Bertz CT molecular complexity index is 743. The number of rotatable bonds is 3. The van der Waals surface area contributed by atoms with Crippen molar-refractivity contribution in [3.05, 3.63) is 53.9 Å². The van der Waals surface area contributed by atoms with Gasteiger partial charge in [-0.2, -0.15) is 22.5 Å². The summed E-state index contributed by atoms with van der Waals surface area (Å²) in [6.45, 7) is 0.449. The highest BCUT2D eigenvalue weighted by molar-refractivity contribution is 5.99. The quantitative estimate of drug-likeness (QED) is 0.690. The van der Waals surface area contributed by atoms with Crippen molar-refractivity contribution < 1.29 is 22.4 Å². The lowest BCUT2D eigenvalue weighted by Crippen LogP contribution is -2.48. The van der Waals surface area contributed by atoms with Crippen LogP contribution in [0.25, 0.3) is 0 Å². The predicted molar refractivity (Wildman–Crippen MR) is 79.5 cm³/mol. The number of carbonyl (C=O) groups is 1. The monoisotopic (exact) mass is 339 g/mol. The van der Waals surface area contributed by atoms with E-state index < -0.39 is 41.2 Å². The fourth-order valence-electron chi connectivity index (χ4n) is 2.66. The van der Waals surface area contributed by atoms with Crippen molar-refractivity contribution in [3.8, 4) is 0 Å². The van der Waals surface area contributed by atoms with Crippen molar-refractivity contribution in [3.63, 3.8) is 0 Å². The zero-order chi connectivity index (χ0) is 17.3. The van der Waals surface area contributed by atoms with E-state index in [4.69, 9.17) is 0 Å². The molecular formula is C16H13F4N3O. The number of amides is 1. The molecule has 1 aliphatic heterocycles. The van der Waals surface area contributed by atoms with Crippen molar-refractivity contribution in [2.24, 2.45) is 0 Å². The SMILES string of the molecule is O=C1C(Nc2c(F)c(F)nc(F)c2F)CCCN1c1ccccc1. The lowest BCUT2D eigenvalue weighted by molar-refractivity contribution is -0.120. The average molecular weight is 339 g/mol. The van der Waals surface area contributed by atoms with Crippen LogP contribution in [0, 0.1) is 23.5 Å². The molecule has 1 unspecified atom stereocenters. The number of nitrogens with one attached hydrogen (secondary N) is 1. The normalized spacial score (nSPS) is 17.9. The van der Waals surface area contributed by atoms with E-state index >= 15 is 0 Å². The molecule has 24 heavy (non-hydrogen) atoms. The van der Waals surface area contributed by atoms with Crippen LogP contribution >= 0.6 is 0 Å². The largest absolute Gasteiger partial charge is 0.369 e. The molecule has 1 aliphatic rings. The molecule has 8 heteroatoms. The van der Waals surface area contributed by atoms with E-state index in [1.165, 1.54) is 4.90 Å². The Balaban J connectivity index is 1.87. The highest BCUT2D eigenvalue weighted by Gasteiger charge is 2.32. The van der Waals surface area contributed by atoms with E-state index in [1.807, 2.05) is 0 Å². The Morgan fingerprint density at radius 1 is 1.04 bits per heavy atom. The van der Waals surface area contributed by atoms with E-state index in [-0.39, 0.29) is 6.42 Å². The van der Waals surface area contributed by atoms with Crippen molar-refractivity contribution in [2.75, 3.05) is 16.8 Å². The molecule has 2 aromatic rings. The summed E-state index contributed by atoms with van der Waals surface area (Å²) in [4.78, 5) is 16.5. The zero-order valence-electron chi connectivity index (χ0n) is 12.4. The molecular weight excluding hydrogens is 326 g/mol. The Morgan fingerprint density at radius 2 is 1.67 bits per heavy atom. The summed E-state index contributed by atoms with van der Waals surface area (Å²) >= 11 is 0. The van der Waals surface area contributed by atoms with Gasteiger partial charge in [0.15, 0.2) is 0 Å². The average Bonchev–Trinajstić information content (AvgIpc) is 2.59. The number of hydrogen-bond donors (Lipinski definition) is 1. The van der Waals surface area contributed by atoms with Gasteiger partial charge in [0, 0.05) is 12.2 Å². The third-order valence-corrected chi connectivity index (χ3v) is 3.82. The van der Waals surface area contributed by atoms with E-state index in [9.17, 15) is 22.4 Å². The minimum absolute atomic E-state index is 0.284. The second-order valence-corrected chi connectivity index (χ2v) is 5.36. The molecule has 1 fully saturated rings. The van der Waals surface area contributed by atoms with Crippen LogP contribution in [0.15, 0.2) is 30.3 Å². The van der Waals surface area contributed by atoms with E-state index in [0.717, 1.165) is 0 Å². The molecule has 1 N–H and O–H groups in total. The smallest absolute Gasteiger partial charge is 0.253 e. The molecule has 126 valence electrons. The van der Waals surface area contributed by atoms with Crippen LogP contribution in [0.1, 0.15) is 12.8 Å². The topological polar surface area (TPSA) is 45.2 Å². The minimum atomic E-state index is -1.76. The van der Waals surface area contributed by atoms with Crippen molar-refractivity contribution >= 4 is 17.3 Å². The number of pyridine rings is 1. The van der Waals surface area contributed by atoms with Crippen LogP contribution < -0.4 is 10.2 Å². The summed E-state index contributed by atoms with van der Waals surface area (Å²) in [5, 5.41) is 2.29. The molecule has 0 spiro atoms. The van der Waals surface area contributed by atoms with Gasteiger partial charge in [-0.15, -0.1) is 0 Å². The summed E-state index contributed by atoms with van der Waals surface area (Å²) in [5.41, 5.74) is -0.379. The summed E-state index contributed by atoms with van der Waals surface area (Å²) in [6.07, 6.45) is 0.851. The number of hydrogen-bond acceptors (Lipinski definition) is 3. The summed E-state index contributed by atoms with van der Waals surface area (Å²) < 4.78 is 53.8. The van der Waals surface area contributed by atoms with Gasteiger partial charge in [0.05, 0.1) is 0 Å². The molecule has 4 nitrogen and oxygen atoms in total. The fraction of sp³-hybridized carbons (Fsp3) is 0.250. The molecule has 0 bridgehead atoms. The summed E-state index contributed by atoms with van der Waals surface area (Å²) in [7, 11) is 0. The number of aromatic nitrogens is 1. The molecule has 1 aromatic heterocycles. The molecule has 0 saturated carbocycles. The van der Waals surface area contributed by atoms with Gasteiger partial charge in [-0.1, -0.05) is 18.2 Å². The van der Waals surface area contributed by atoms with Gasteiger partial charge in [-0.3, -0.25) is 4.79 Å². The lowest BCUT2D eigenvalue weighted by Gasteiger charge is -2.33. The van der Waals surface area contributed by atoms with Gasteiger partial charge in [0.25, 0.3) is 11.9 Å². The first-order valence-corrected chi connectivity index (χ1v) is 7.32. The maximum Gasteiger partial charge on any atom is 0.253 e. The van der Waals surface area contributed by atoms with E-state index in [2.05, 4.69) is 10.3 Å². The number of carbonyl (C=O) groups excluding carboxylic acids is 1. The second kappa shape index (κ2) is 6.46. The molecule has 1 aromatic carbocycles. The molecule has 2 heterocycles. The standard InChI is InChI=1S/C16H13F4N3O/c17-11-13(12(18)15(20)22-14(11)19)21-10-7-4-8-23(16(10)24)9-5-2-1-3-6-9/h1-3,5-6,10H,4,7-8H2,(H,21,22). The first-order valence-electron chi connectivity index (χ1n) is 7.32. The molecule has 3 rings (SSSR count). The van der Waals surface area contributed by atoms with Crippen LogP contribution in [-0.4, -0.2) is 23.5 Å². The minimum Gasteiger partial charge on any atom is -0.369 e. The summed E-state index contributed by atoms with van der Waals surface area (Å²) in [5.74, 6) is -7.26. The van der Waals surface area contributed by atoms with Gasteiger partial charge in [-0.25, -0.2) is 0 Å². The number of nitrogens with zero attached hydrogens (tertiary/aromatic N) is 2. The Labute approximate surface area is 135 Å². The van der Waals surface area contributed by atoms with E-state index in [1.54, 1.807) is 30.3 Å². The lowest BCUT2D eigenvalue weighted by atomic mass is 10.0. The van der Waals surface area contributed by atoms with Gasteiger partial charge >= 0.3 is 0 Å². The first kappa shape index (κ1) is 16.2. The highest BCUT2D eigenvalue weighted by atomic mass is 19.2. The van der Waals surface area contributed by atoms with Crippen molar-refractivity contribution in [1.82, 2.24) is 4.98 Å². The van der Waals surface area contributed by atoms with Gasteiger partial charge in [-0.05, 0) is 25.0 Å². The van der Waals surface area contributed by atoms with Crippen molar-refractivity contribution in [2.45, 2.75) is 18.9 Å². The maximum atomic E-state index is 13.7. The van der Waals surface area contributed by atoms with Crippen LogP contribution in [0.5, 0.6) is 0 Å². The number of para-hydroxylation sites is 1. The zero-order valence-corrected chi connectivity index (χ0v) is 12.4. The highest BCUT2D eigenvalue weighted by Crippen LogP contribution is 2.27. The predicted octanol–water partition coefficient (Wildman–Crippen LogP) is 3.25. The Morgan fingerprint density at radius 3 is 2.29 bits per heavy atom. The third-order valence-electron chi connectivity index (χ3n) is 3.82. The van der Waals surface area contributed by atoms with Crippen LogP contribution in [0.3, 0.4) is 0 Å². The molecule has 1 atom stereocenters. The Kier molecular flexibility index (Phi) is 4.37. The second-order valence-electron chi connectivity index (χ2n) is 5.36. The van der Waals surface area contributed by atoms with Crippen LogP contribution in [0.4, 0.5) is 28.9 Å². The first-order chi connectivity index (χ1) is 11.5. The number of halogens is 4. The van der Waals surface area contributed by atoms with Crippen LogP contribution in [-0.2, 0) is 4.79 Å². The van der Waals surface area contributed by atoms with Gasteiger partial charge < -0.3 is 10.2 Å². The maximum absolute atomic E-state index is 13.7. The third kappa shape index (κ3) is 2.91.